The number of pyridine rings is 1. The van der Waals surface area contributed by atoms with Crippen molar-refractivity contribution >= 4 is 27.8 Å². The van der Waals surface area contributed by atoms with Crippen molar-refractivity contribution in [2.75, 3.05) is 13.1 Å². The van der Waals surface area contributed by atoms with E-state index in [1.807, 2.05) is 12.2 Å². The molecule has 0 bridgehead atoms. The summed E-state index contributed by atoms with van der Waals surface area (Å²) in [7, 11) is 0. The van der Waals surface area contributed by atoms with Gasteiger partial charge in [0.15, 0.2) is 0 Å². The van der Waals surface area contributed by atoms with Crippen LogP contribution in [0.1, 0.15) is 10.4 Å². The van der Waals surface area contributed by atoms with Crippen LogP contribution in [0.5, 0.6) is 0 Å². The van der Waals surface area contributed by atoms with Crippen molar-refractivity contribution in [1.82, 2.24) is 9.47 Å². The molecule has 0 atom stereocenters. The van der Waals surface area contributed by atoms with Gasteiger partial charge in [-0.1, -0.05) is 12.2 Å². The van der Waals surface area contributed by atoms with E-state index in [0.717, 1.165) is 4.57 Å². The summed E-state index contributed by atoms with van der Waals surface area (Å²) in [6.07, 6.45) is 5.03. The number of amides is 1. The molecular formula is C12H11BrN2O4. The fourth-order valence-electron chi connectivity index (χ4n) is 1.83. The highest BCUT2D eigenvalue weighted by Gasteiger charge is 2.21. The average Bonchev–Trinajstić information content (AvgIpc) is 2.85. The van der Waals surface area contributed by atoms with Crippen LogP contribution >= 0.6 is 15.9 Å². The second-order valence-electron chi connectivity index (χ2n) is 4.08. The molecule has 0 unspecified atom stereocenters. The average molecular weight is 327 g/mol. The van der Waals surface area contributed by atoms with Gasteiger partial charge in [-0.05, 0) is 22.0 Å². The number of rotatable bonds is 3. The first kappa shape index (κ1) is 13.5. The maximum atomic E-state index is 12.2. The summed E-state index contributed by atoms with van der Waals surface area (Å²) in [5, 5.41) is 8.74. The Bertz CT molecular complexity index is 613. The normalized spacial score (nSPS) is 13.8. The van der Waals surface area contributed by atoms with Gasteiger partial charge < -0.3 is 14.6 Å². The fraction of sp³-hybridized carbons (Fsp3) is 0.250. The molecule has 100 valence electrons. The van der Waals surface area contributed by atoms with Crippen molar-refractivity contribution in [1.29, 1.82) is 0 Å². The molecule has 19 heavy (non-hydrogen) atoms. The zero-order chi connectivity index (χ0) is 14.0. The van der Waals surface area contributed by atoms with Crippen LogP contribution in [0, 0.1) is 0 Å². The smallest absolute Gasteiger partial charge is 0.323 e. The third kappa shape index (κ3) is 2.93. The van der Waals surface area contributed by atoms with Crippen LogP contribution in [-0.4, -0.2) is 39.5 Å². The van der Waals surface area contributed by atoms with Gasteiger partial charge in [0.05, 0.1) is 0 Å². The molecule has 0 aliphatic carbocycles. The first-order valence-electron chi connectivity index (χ1n) is 5.55. The van der Waals surface area contributed by atoms with Crippen LogP contribution in [0.2, 0.25) is 0 Å². The molecule has 0 aromatic carbocycles. The van der Waals surface area contributed by atoms with Crippen LogP contribution in [0.15, 0.2) is 33.7 Å². The van der Waals surface area contributed by atoms with Crippen molar-refractivity contribution in [3.05, 3.63) is 44.8 Å². The highest BCUT2D eigenvalue weighted by Crippen LogP contribution is 2.12. The third-order valence-corrected chi connectivity index (χ3v) is 3.13. The lowest BCUT2D eigenvalue weighted by atomic mass is 10.2. The number of aliphatic carboxylic acids is 1. The summed E-state index contributed by atoms with van der Waals surface area (Å²) in [4.78, 5) is 36.4. The Morgan fingerprint density at radius 1 is 1.32 bits per heavy atom. The van der Waals surface area contributed by atoms with Gasteiger partial charge in [0, 0.05) is 23.8 Å². The summed E-state index contributed by atoms with van der Waals surface area (Å²) >= 11 is 3.17. The van der Waals surface area contributed by atoms with Crippen molar-refractivity contribution in [2.45, 2.75) is 6.54 Å². The lowest BCUT2D eigenvalue weighted by Crippen LogP contribution is -2.36. The van der Waals surface area contributed by atoms with Crippen LogP contribution < -0.4 is 5.56 Å². The summed E-state index contributed by atoms with van der Waals surface area (Å²) in [6, 6.07) is 1.42. The number of carboxylic acid groups (broad SMARTS) is 1. The van der Waals surface area contributed by atoms with Gasteiger partial charge in [0.1, 0.15) is 12.1 Å². The maximum absolute atomic E-state index is 12.2. The SMILES string of the molecule is O=C(O)Cn1cc(Br)cc(C(=O)N2CC=CC2)c1=O. The molecule has 1 aliphatic rings. The quantitative estimate of drug-likeness (QED) is 0.829. The summed E-state index contributed by atoms with van der Waals surface area (Å²) < 4.78 is 1.49. The third-order valence-electron chi connectivity index (χ3n) is 2.69. The zero-order valence-electron chi connectivity index (χ0n) is 9.88. The Kier molecular flexibility index (Phi) is 3.84. The van der Waals surface area contributed by atoms with Gasteiger partial charge in [-0.25, -0.2) is 0 Å². The van der Waals surface area contributed by atoms with Gasteiger partial charge in [0.25, 0.3) is 11.5 Å². The second-order valence-corrected chi connectivity index (χ2v) is 5.00. The molecule has 0 fully saturated rings. The Balaban J connectivity index is 2.39. The molecule has 7 heteroatoms. The van der Waals surface area contributed by atoms with Gasteiger partial charge in [0.2, 0.25) is 0 Å². The largest absolute Gasteiger partial charge is 0.480 e. The van der Waals surface area contributed by atoms with Crippen LogP contribution in [-0.2, 0) is 11.3 Å². The molecule has 0 saturated carbocycles. The minimum atomic E-state index is -1.14. The van der Waals surface area contributed by atoms with Crippen LogP contribution in [0.3, 0.4) is 0 Å². The minimum Gasteiger partial charge on any atom is -0.480 e. The van der Waals surface area contributed by atoms with Gasteiger partial charge >= 0.3 is 5.97 Å². The van der Waals surface area contributed by atoms with E-state index in [1.54, 1.807) is 0 Å². The second kappa shape index (κ2) is 5.40. The van der Waals surface area contributed by atoms with E-state index in [-0.39, 0.29) is 5.56 Å². The first-order valence-corrected chi connectivity index (χ1v) is 6.34. The molecule has 2 heterocycles. The summed E-state index contributed by atoms with van der Waals surface area (Å²) in [5.41, 5.74) is -0.623. The molecule has 1 N–H and O–H groups in total. The molecule has 1 amide bonds. The molecule has 1 aromatic rings. The Labute approximate surface area is 117 Å². The van der Waals surface area contributed by atoms with Gasteiger partial charge in [-0.15, -0.1) is 0 Å². The number of nitrogens with zero attached hydrogens (tertiary/aromatic N) is 2. The summed E-state index contributed by atoms with van der Waals surface area (Å²) in [6.45, 7) is 0.449. The van der Waals surface area contributed by atoms with E-state index < -0.39 is 24.0 Å². The zero-order valence-corrected chi connectivity index (χ0v) is 11.5. The van der Waals surface area contributed by atoms with E-state index in [0.29, 0.717) is 17.6 Å². The van der Waals surface area contributed by atoms with Crippen molar-refractivity contribution in [2.24, 2.45) is 0 Å². The lowest BCUT2D eigenvalue weighted by Gasteiger charge is -2.15. The maximum Gasteiger partial charge on any atom is 0.323 e. The number of carboxylic acids is 1. The van der Waals surface area contributed by atoms with E-state index in [2.05, 4.69) is 15.9 Å². The summed E-state index contributed by atoms with van der Waals surface area (Å²) in [5.74, 6) is -1.53. The Hall–Kier alpha value is -1.89. The Morgan fingerprint density at radius 2 is 1.95 bits per heavy atom. The standard InChI is InChI=1S/C12H11BrN2O4/c13-8-5-9(11(18)14-3-1-2-4-14)12(19)15(6-8)7-10(16)17/h1-2,5-6H,3-4,7H2,(H,16,17). The molecule has 2 rings (SSSR count). The number of hydrogen-bond acceptors (Lipinski definition) is 3. The molecular weight excluding hydrogens is 316 g/mol. The van der Waals surface area contributed by atoms with E-state index in [9.17, 15) is 14.4 Å². The van der Waals surface area contributed by atoms with Crippen LogP contribution in [0.25, 0.3) is 0 Å². The molecule has 1 aliphatic heterocycles. The number of carbonyl (C=O) groups excluding carboxylic acids is 1. The van der Waals surface area contributed by atoms with Gasteiger partial charge in [-0.2, -0.15) is 0 Å². The van der Waals surface area contributed by atoms with Crippen molar-refractivity contribution in [3.63, 3.8) is 0 Å². The Morgan fingerprint density at radius 3 is 2.53 bits per heavy atom. The topological polar surface area (TPSA) is 79.6 Å². The van der Waals surface area contributed by atoms with E-state index >= 15 is 0 Å². The lowest BCUT2D eigenvalue weighted by molar-refractivity contribution is -0.137. The van der Waals surface area contributed by atoms with Crippen molar-refractivity contribution < 1.29 is 14.7 Å². The number of hydrogen-bond donors (Lipinski definition) is 1. The molecule has 0 radical (unpaired) electrons. The number of aromatic nitrogens is 1. The predicted molar refractivity (Wildman–Crippen MR) is 71.1 cm³/mol. The van der Waals surface area contributed by atoms with Crippen LogP contribution in [0.4, 0.5) is 0 Å². The number of carbonyl (C=O) groups is 2. The molecule has 0 spiro atoms. The van der Waals surface area contributed by atoms with Crippen molar-refractivity contribution in [3.8, 4) is 0 Å². The minimum absolute atomic E-state index is 0.0284. The highest BCUT2D eigenvalue weighted by molar-refractivity contribution is 9.10. The molecule has 6 nitrogen and oxygen atoms in total. The van der Waals surface area contributed by atoms with Gasteiger partial charge in [-0.3, -0.25) is 14.4 Å². The molecule has 1 aromatic heterocycles. The van der Waals surface area contributed by atoms with E-state index in [4.69, 9.17) is 5.11 Å². The first-order chi connectivity index (χ1) is 8.99. The number of halogens is 1. The predicted octanol–water partition coefficient (Wildman–Crippen LogP) is 0.707. The fourth-order valence-corrected chi connectivity index (χ4v) is 2.31. The monoisotopic (exact) mass is 326 g/mol. The molecule has 0 saturated heterocycles. The van der Waals surface area contributed by atoms with E-state index in [1.165, 1.54) is 17.2 Å². The highest BCUT2D eigenvalue weighted by atomic mass is 79.9.